The second kappa shape index (κ2) is 5.03. The van der Waals surface area contributed by atoms with Crippen molar-refractivity contribution in [2.75, 3.05) is 6.54 Å². The summed E-state index contributed by atoms with van der Waals surface area (Å²) in [6.45, 7) is 5.87. The maximum absolute atomic E-state index is 6.20. The number of hydrogen-bond donors (Lipinski definition) is 1. The number of rotatable bonds is 3. The molecule has 2 nitrogen and oxygen atoms in total. The molecule has 2 aromatic rings. The van der Waals surface area contributed by atoms with Crippen LogP contribution in [-0.4, -0.2) is 22.5 Å². The lowest BCUT2D eigenvalue weighted by atomic mass is 9.91. The summed E-state index contributed by atoms with van der Waals surface area (Å²) in [4.78, 5) is 6.46. The largest absolute Gasteiger partial charge is 0.357 e. The minimum Gasteiger partial charge on any atom is -0.357 e. The summed E-state index contributed by atoms with van der Waals surface area (Å²) in [5.41, 5.74) is 4.21. The number of aromatic nitrogens is 1. The summed E-state index contributed by atoms with van der Waals surface area (Å²) in [6, 6.07) is 7.64. The van der Waals surface area contributed by atoms with Gasteiger partial charge in [-0.05, 0) is 55.4 Å². The van der Waals surface area contributed by atoms with Gasteiger partial charge in [0.2, 0.25) is 0 Å². The smallest absolute Gasteiger partial charge is 0.0507 e. The van der Waals surface area contributed by atoms with Crippen molar-refractivity contribution in [1.82, 2.24) is 9.88 Å². The first kappa shape index (κ1) is 13.7. The van der Waals surface area contributed by atoms with Crippen LogP contribution in [0.1, 0.15) is 50.4 Å². The van der Waals surface area contributed by atoms with Crippen molar-refractivity contribution in [2.24, 2.45) is 5.92 Å². The molecule has 1 aromatic heterocycles. The van der Waals surface area contributed by atoms with Crippen LogP contribution < -0.4 is 0 Å². The van der Waals surface area contributed by atoms with Crippen LogP contribution in [0.2, 0.25) is 5.02 Å². The molecule has 1 fully saturated rings. The van der Waals surface area contributed by atoms with E-state index in [1.807, 2.05) is 6.07 Å². The monoisotopic (exact) mass is 302 g/mol. The van der Waals surface area contributed by atoms with Crippen LogP contribution in [0, 0.1) is 5.92 Å². The zero-order chi connectivity index (χ0) is 14.6. The van der Waals surface area contributed by atoms with E-state index in [0.717, 1.165) is 23.4 Å². The molecule has 112 valence electrons. The Morgan fingerprint density at radius 1 is 1.33 bits per heavy atom. The third-order valence-corrected chi connectivity index (χ3v) is 5.20. The summed E-state index contributed by atoms with van der Waals surface area (Å²) in [5, 5.41) is 2.18. The van der Waals surface area contributed by atoms with E-state index in [4.69, 9.17) is 11.6 Å². The van der Waals surface area contributed by atoms with Gasteiger partial charge < -0.3 is 4.98 Å². The van der Waals surface area contributed by atoms with Crippen LogP contribution >= 0.6 is 11.6 Å². The number of nitrogens with zero attached hydrogens (tertiary/aromatic N) is 1. The molecule has 2 heterocycles. The average molecular weight is 303 g/mol. The fraction of sp³-hybridized carbons (Fsp3) is 0.556. The standard InChI is InChI=1S/C18H23ClN2/c1-11(2)9-17-18-14(7-8-21(17)13-4-5-13)15-10-12(19)3-6-16(15)20-18/h3,6,10-11,13,17,20H,4-5,7-9H2,1-2H3. The Morgan fingerprint density at radius 3 is 2.86 bits per heavy atom. The lowest BCUT2D eigenvalue weighted by Crippen LogP contribution is -2.37. The molecular weight excluding hydrogens is 280 g/mol. The highest BCUT2D eigenvalue weighted by atomic mass is 35.5. The van der Waals surface area contributed by atoms with Crippen LogP contribution in [0.3, 0.4) is 0 Å². The van der Waals surface area contributed by atoms with Gasteiger partial charge in [-0.2, -0.15) is 0 Å². The van der Waals surface area contributed by atoms with Crippen LogP contribution in [-0.2, 0) is 6.42 Å². The summed E-state index contributed by atoms with van der Waals surface area (Å²) < 4.78 is 0. The normalized spacial score (nSPS) is 23.0. The maximum atomic E-state index is 6.20. The zero-order valence-corrected chi connectivity index (χ0v) is 13.6. The fourth-order valence-corrected chi connectivity index (χ4v) is 4.07. The van der Waals surface area contributed by atoms with Crippen molar-refractivity contribution in [3.63, 3.8) is 0 Å². The van der Waals surface area contributed by atoms with Gasteiger partial charge in [0.15, 0.2) is 0 Å². The molecular formula is C18H23ClN2. The van der Waals surface area contributed by atoms with Crippen molar-refractivity contribution in [1.29, 1.82) is 0 Å². The highest BCUT2D eigenvalue weighted by Crippen LogP contribution is 2.43. The minimum atomic E-state index is 0.562. The van der Waals surface area contributed by atoms with E-state index in [0.29, 0.717) is 6.04 Å². The first-order valence-corrected chi connectivity index (χ1v) is 8.57. The third-order valence-electron chi connectivity index (χ3n) is 4.97. The van der Waals surface area contributed by atoms with E-state index in [1.54, 1.807) is 0 Å². The number of nitrogens with one attached hydrogen (secondary N) is 1. The predicted molar refractivity (Wildman–Crippen MR) is 88.9 cm³/mol. The molecule has 0 amide bonds. The Bertz CT molecular complexity index is 669. The Kier molecular flexibility index (Phi) is 3.27. The van der Waals surface area contributed by atoms with Crippen molar-refractivity contribution in [3.8, 4) is 0 Å². The molecule has 1 aliphatic carbocycles. The van der Waals surface area contributed by atoms with E-state index in [9.17, 15) is 0 Å². The Morgan fingerprint density at radius 2 is 2.14 bits per heavy atom. The molecule has 1 aromatic carbocycles. The fourth-order valence-electron chi connectivity index (χ4n) is 3.90. The highest BCUT2D eigenvalue weighted by molar-refractivity contribution is 6.31. The number of benzene rings is 1. The third kappa shape index (κ3) is 2.39. The van der Waals surface area contributed by atoms with Gasteiger partial charge in [-0.15, -0.1) is 0 Å². The van der Waals surface area contributed by atoms with Gasteiger partial charge in [-0.25, -0.2) is 0 Å². The predicted octanol–water partition coefficient (Wildman–Crippen LogP) is 4.93. The maximum Gasteiger partial charge on any atom is 0.0507 e. The molecule has 1 unspecified atom stereocenters. The topological polar surface area (TPSA) is 19.0 Å². The Labute approximate surface area is 131 Å². The summed E-state index contributed by atoms with van der Waals surface area (Å²) in [5.74, 6) is 0.720. The molecule has 1 N–H and O–H groups in total. The second-order valence-corrected chi connectivity index (χ2v) is 7.51. The molecule has 0 radical (unpaired) electrons. The van der Waals surface area contributed by atoms with Gasteiger partial charge in [-0.3, -0.25) is 4.90 Å². The molecule has 1 atom stereocenters. The Balaban J connectivity index is 1.81. The number of hydrogen-bond acceptors (Lipinski definition) is 1. The van der Waals surface area contributed by atoms with E-state index in [-0.39, 0.29) is 0 Å². The molecule has 3 heteroatoms. The van der Waals surface area contributed by atoms with Crippen molar-refractivity contribution in [2.45, 2.75) is 51.6 Å². The van der Waals surface area contributed by atoms with Gasteiger partial charge in [-0.1, -0.05) is 25.4 Å². The summed E-state index contributed by atoms with van der Waals surface area (Å²) in [6.07, 6.45) is 5.16. The molecule has 4 rings (SSSR count). The van der Waals surface area contributed by atoms with Gasteiger partial charge in [0.25, 0.3) is 0 Å². The SMILES string of the molecule is CC(C)CC1c2[nH]c3ccc(Cl)cc3c2CCN1C1CC1. The quantitative estimate of drug-likeness (QED) is 0.852. The number of aromatic amines is 1. The first-order valence-electron chi connectivity index (χ1n) is 8.19. The van der Waals surface area contributed by atoms with E-state index in [1.165, 1.54) is 48.0 Å². The van der Waals surface area contributed by atoms with Crippen LogP contribution in [0.25, 0.3) is 10.9 Å². The van der Waals surface area contributed by atoms with Gasteiger partial charge in [0.05, 0.1) is 6.04 Å². The lowest BCUT2D eigenvalue weighted by molar-refractivity contribution is 0.150. The number of H-pyrrole nitrogens is 1. The van der Waals surface area contributed by atoms with Crippen LogP contribution in [0.15, 0.2) is 18.2 Å². The number of fused-ring (bicyclic) bond motifs is 3. The molecule has 0 spiro atoms. The molecule has 0 bridgehead atoms. The average Bonchev–Trinajstić information content (AvgIpc) is 3.20. The van der Waals surface area contributed by atoms with Crippen molar-refractivity contribution in [3.05, 3.63) is 34.5 Å². The first-order chi connectivity index (χ1) is 10.1. The van der Waals surface area contributed by atoms with Crippen molar-refractivity contribution >= 4 is 22.5 Å². The Hall–Kier alpha value is -0.990. The minimum absolute atomic E-state index is 0.562. The number of halogens is 1. The van der Waals surface area contributed by atoms with E-state index < -0.39 is 0 Å². The molecule has 2 aliphatic rings. The van der Waals surface area contributed by atoms with Gasteiger partial charge in [0.1, 0.15) is 0 Å². The van der Waals surface area contributed by atoms with Crippen LogP contribution in [0.5, 0.6) is 0 Å². The molecule has 1 aliphatic heterocycles. The second-order valence-electron chi connectivity index (χ2n) is 7.07. The summed E-state index contributed by atoms with van der Waals surface area (Å²) in [7, 11) is 0. The molecule has 21 heavy (non-hydrogen) atoms. The molecule has 1 saturated carbocycles. The zero-order valence-electron chi connectivity index (χ0n) is 12.8. The van der Waals surface area contributed by atoms with Gasteiger partial charge >= 0.3 is 0 Å². The van der Waals surface area contributed by atoms with E-state index >= 15 is 0 Å². The van der Waals surface area contributed by atoms with Crippen LogP contribution in [0.4, 0.5) is 0 Å². The molecule has 0 saturated heterocycles. The summed E-state index contributed by atoms with van der Waals surface area (Å²) >= 11 is 6.20. The van der Waals surface area contributed by atoms with E-state index in [2.05, 4.69) is 35.9 Å². The van der Waals surface area contributed by atoms with Gasteiger partial charge in [0, 0.05) is 34.2 Å². The highest BCUT2D eigenvalue weighted by Gasteiger charge is 2.39. The van der Waals surface area contributed by atoms with Crippen molar-refractivity contribution < 1.29 is 0 Å². The lowest BCUT2D eigenvalue weighted by Gasteiger charge is -2.37.